The Kier molecular flexibility index (Phi) is 3.99. The van der Waals surface area contributed by atoms with E-state index in [0.29, 0.717) is 5.88 Å². The minimum atomic E-state index is -0.220. The molecule has 1 heterocycles. The molecule has 0 spiro atoms. The number of para-hydroxylation sites is 1. The van der Waals surface area contributed by atoms with Gasteiger partial charge in [0.05, 0.1) is 15.2 Å². The fourth-order valence-electron chi connectivity index (χ4n) is 2.21. The monoisotopic (exact) mass is 305 g/mol. The normalized spacial score (nSPS) is 12.7. The van der Waals surface area contributed by atoms with Crippen LogP contribution in [0.25, 0.3) is 10.2 Å². The van der Waals surface area contributed by atoms with Crippen molar-refractivity contribution in [3.63, 3.8) is 0 Å². The Balaban J connectivity index is 1.85. The fraction of sp³-hybridized carbons (Fsp3) is 0.188. The zero-order chi connectivity index (χ0) is 13.9. The third-order valence-electron chi connectivity index (χ3n) is 3.29. The second-order valence-electron chi connectivity index (χ2n) is 4.68. The van der Waals surface area contributed by atoms with E-state index in [-0.39, 0.29) is 11.7 Å². The molecule has 0 aliphatic carbocycles. The molecular weight excluding hydrogens is 293 g/mol. The summed E-state index contributed by atoms with van der Waals surface area (Å²) in [6, 6.07) is 14.7. The third-order valence-corrected chi connectivity index (χ3v) is 4.72. The van der Waals surface area contributed by atoms with Crippen LogP contribution in [-0.4, -0.2) is 10.9 Å². The molecule has 1 aromatic heterocycles. The maximum atomic E-state index is 13.0. The summed E-state index contributed by atoms with van der Waals surface area (Å²) < 4.78 is 14.2. The second-order valence-corrected chi connectivity index (χ2v) is 6.11. The van der Waals surface area contributed by atoms with E-state index in [0.717, 1.165) is 22.5 Å². The van der Waals surface area contributed by atoms with Crippen molar-refractivity contribution >= 4 is 33.2 Å². The molecule has 3 rings (SSSR count). The van der Waals surface area contributed by atoms with E-state index in [9.17, 15) is 4.39 Å². The summed E-state index contributed by atoms with van der Waals surface area (Å²) in [6.45, 7) is 0. The van der Waals surface area contributed by atoms with Crippen LogP contribution in [0.5, 0.6) is 0 Å². The number of halogens is 2. The van der Waals surface area contributed by atoms with E-state index in [1.807, 2.05) is 18.2 Å². The smallest absolute Gasteiger partial charge is 0.123 e. The maximum Gasteiger partial charge on any atom is 0.123 e. The quantitative estimate of drug-likeness (QED) is 0.618. The van der Waals surface area contributed by atoms with Gasteiger partial charge in [0.25, 0.3) is 0 Å². The van der Waals surface area contributed by atoms with Crippen molar-refractivity contribution in [3.05, 3.63) is 64.9 Å². The fourth-order valence-corrected chi connectivity index (χ4v) is 3.55. The summed E-state index contributed by atoms with van der Waals surface area (Å²) in [6.07, 6.45) is 0.786. The van der Waals surface area contributed by atoms with E-state index in [1.54, 1.807) is 23.5 Å². The molecule has 0 fully saturated rings. The van der Waals surface area contributed by atoms with Gasteiger partial charge < -0.3 is 0 Å². The Morgan fingerprint density at radius 1 is 1.10 bits per heavy atom. The first-order valence-corrected chi connectivity index (χ1v) is 7.77. The standard InChI is InChI=1S/C16H13ClFNS/c17-10-12(11-5-7-13(18)8-6-11)9-16-19-14-3-1-2-4-15(14)20-16/h1-8,12H,9-10H2. The van der Waals surface area contributed by atoms with Crippen molar-refractivity contribution in [2.24, 2.45) is 0 Å². The summed E-state index contributed by atoms with van der Waals surface area (Å²) in [5.41, 5.74) is 2.08. The predicted octanol–water partition coefficient (Wildman–Crippen LogP) is 5.00. The molecule has 0 aliphatic heterocycles. The average molecular weight is 306 g/mol. The van der Waals surface area contributed by atoms with Gasteiger partial charge in [-0.2, -0.15) is 0 Å². The number of fused-ring (bicyclic) bond motifs is 1. The van der Waals surface area contributed by atoms with E-state index >= 15 is 0 Å². The van der Waals surface area contributed by atoms with Crippen LogP contribution in [0.4, 0.5) is 4.39 Å². The molecule has 0 amide bonds. The van der Waals surface area contributed by atoms with Crippen LogP contribution in [0.3, 0.4) is 0 Å². The highest BCUT2D eigenvalue weighted by atomic mass is 35.5. The molecule has 20 heavy (non-hydrogen) atoms. The molecule has 1 unspecified atom stereocenters. The Bertz CT molecular complexity index is 675. The average Bonchev–Trinajstić information content (AvgIpc) is 2.88. The van der Waals surface area contributed by atoms with Crippen LogP contribution < -0.4 is 0 Å². The Hall–Kier alpha value is -1.45. The highest BCUT2D eigenvalue weighted by molar-refractivity contribution is 7.18. The van der Waals surface area contributed by atoms with Crippen LogP contribution in [0.2, 0.25) is 0 Å². The molecule has 0 N–H and O–H groups in total. The third kappa shape index (κ3) is 2.84. The van der Waals surface area contributed by atoms with E-state index in [2.05, 4.69) is 11.1 Å². The summed E-state index contributed by atoms with van der Waals surface area (Å²) in [4.78, 5) is 4.63. The number of benzene rings is 2. The number of aromatic nitrogens is 1. The van der Waals surface area contributed by atoms with Gasteiger partial charge in [0.2, 0.25) is 0 Å². The number of hydrogen-bond donors (Lipinski definition) is 0. The van der Waals surface area contributed by atoms with Gasteiger partial charge in [0, 0.05) is 18.2 Å². The van der Waals surface area contributed by atoms with Gasteiger partial charge in [0.1, 0.15) is 5.82 Å². The number of thiazole rings is 1. The molecule has 0 bridgehead atoms. The lowest BCUT2D eigenvalue weighted by molar-refractivity contribution is 0.625. The summed E-state index contributed by atoms with van der Waals surface area (Å²) in [7, 11) is 0. The largest absolute Gasteiger partial charge is 0.241 e. The van der Waals surface area contributed by atoms with Crippen molar-refractivity contribution in [1.82, 2.24) is 4.98 Å². The first kappa shape index (κ1) is 13.5. The van der Waals surface area contributed by atoms with E-state index < -0.39 is 0 Å². The topological polar surface area (TPSA) is 12.9 Å². The summed E-state index contributed by atoms with van der Waals surface area (Å²) in [5.74, 6) is 0.446. The molecule has 102 valence electrons. The zero-order valence-corrected chi connectivity index (χ0v) is 12.3. The molecule has 0 saturated carbocycles. The van der Waals surface area contributed by atoms with Crippen LogP contribution in [-0.2, 0) is 6.42 Å². The molecule has 0 saturated heterocycles. The van der Waals surface area contributed by atoms with Crippen molar-refractivity contribution in [2.45, 2.75) is 12.3 Å². The minimum Gasteiger partial charge on any atom is -0.241 e. The van der Waals surface area contributed by atoms with Crippen LogP contribution in [0.15, 0.2) is 48.5 Å². The second kappa shape index (κ2) is 5.90. The first-order valence-electron chi connectivity index (χ1n) is 6.42. The highest BCUT2D eigenvalue weighted by Gasteiger charge is 2.14. The van der Waals surface area contributed by atoms with Crippen LogP contribution in [0, 0.1) is 5.82 Å². The van der Waals surface area contributed by atoms with Crippen molar-refractivity contribution in [2.75, 3.05) is 5.88 Å². The zero-order valence-electron chi connectivity index (χ0n) is 10.7. The summed E-state index contributed by atoms with van der Waals surface area (Å²) in [5, 5.41) is 1.07. The van der Waals surface area contributed by atoms with Crippen molar-refractivity contribution < 1.29 is 4.39 Å². The van der Waals surface area contributed by atoms with Gasteiger partial charge >= 0.3 is 0 Å². The number of hydrogen-bond acceptors (Lipinski definition) is 2. The lowest BCUT2D eigenvalue weighted by Gasteiger charge is -2.12. The predicted molar refractivity (Wildman–Crippen MR) is 83.2 cm³/mol. The Labute approximate surface area is 126 Å². The number of alkyl halides is 1. The van der Waals surface area contributed by atoms with Crippen LogP contribution >= 0.6 is 22.9 Å². The van der Waals surface area contributed by atoms with Gasteiger partial charge in [0.15, 0.2) is 0 Å². The van der Waals surface area contributed by atoms with Crippen molar-refractivity contribution in [3.8, 4) is 0 Å². The van der Waals surface area contributed by atoms with Gasteiger partial charge in [-0.3, -0.25) is 0 Å². The van der Waals surface area contributed by atoms with E-state index in [4.69, 9.17) is 11.6 Å². The van der Waals surface area contributed by atoms with Crippen molar-refractivity contribution in [1.29, 1.82) is 0 Å². The molecule has 1 nitrogen and oxygen atoms in total. The van der Waals surface area contributed by atoms with E-state index in [1.165, 1.54) is 16.8 Å². The molecule has 1 atom stereocenters. The van der Waals surface area contributed by atoms with Gasteiger partial charge in [-0.25, -0.2) is 9.37 Å². The number of nitrogens with zero attached hydrogens (tertiary/aromatic N) is 1. The lowest BCUT2D eigenvalue weighted by Crippen LogP contribution is -2.04. The minimum absolute atomic E-state index is 0.165. The van der Waals surface area contributed by atoms with Gasteiger partial charge in [-0.15, -0.1) is 22.9 Å². The Morgan fingerprint density at radius 2 is 1.85 bits per heavy atom. The molecule has 3 aromatic rings. The van der Waals surface area contributed by atoms with Gasteiger partial charge in [-0.05, 0) is 29.8 Å². The number of rotatable bonds is 4. The SMILES string of the molecule is Fc1ccc(C(CCl)Cc2nc3ccccc3s2)cc1. The Morgan fingerprint density at radius 3 is 2.55 bits per heavy atom. The first-order chi connectivity index (χ1) is 9.76. The summed E-state index contributed by atoms with van der Waals surface area (Å²) >= 11 is 7.77. The molecule has 0 radical (unpaired) electrons. The maximum absolute atomic E-state index is 13.0. The van der Waals surface area contributed by atoms with Crippen LogP contribution in [0.1, 0.15) is 16.5 Å². The van der Waals surface area contributed by atoms with Gasteiger partial charge in [-0.1, -0.05) is 24.3 Å². The molecule has 0 aliphatic rings. The highest BCUT2D eigenvalue weighted by Crippen LogP contribution is 2.28. The molecule has 2 aromatic carbocycles. The lowest BCUT2D eigenvalue weighted by atomic mass is 9.98. The molecular formula is C16H13ClFNS. The molecule has 4 heteroatoms.